The van der Waals surface area contributed by atoms with Gasteiger partial charge in [-0.15, -0.1) is 0 Å². The Kier molecular flexibility index (Phi) is 3.97. The second-order valence-electron chi connectivity index (χ2n) is 4.79. The van der Waals surface area contributed by atoms with Crippen molar-refractivity contribution in [2.75, 3.05) is 0 Å². The van der Waals surface area contributed by atoms with Crippen LogP contribution in [-0.4, -0.2) is 18.2 Å². The molecular formula is C14H21NO. The first-order valence-corrected chi connectivity index (χ1v) is 6.17. The van der Waals surface area contributed by atoms with Gasteiger partial charge >= 0.3 is 0 Å². The fourth-order valence-electron chi connectivity index (χ4n) is 2.43. The third-order valence-electron chi connectivity index (χ3n) is 3.14. The lowest BCUT2D eigenvalue weighted by Gasteiger charge is -2.32. The average molecular weight is 219 g/mol. The van der Waals surface area contributed by atoms with Crippen LogP contribution < -0.4 is 5.32 Å². The topological polar surface area (TPSA) is 21.3 Å². The van der Waals surface area contributed by atoms with Crippen molar-refractivity contribution in [1.29, 1.82) is 0 Å². The lowest BCUT2D eigenvalue weighted by molar-refractivity contribution is -0.0422. The average Bonchev–Trinajstić information content (AvgIpc) is 2.27. The van der Waals surface area contributed by atoms with Crippen molar-refractivity contribution in [2.45, 2.75) is 51.5 Å². The van der Waals surface area contributed by atoms with Crippen molar-refractivity contribution in [2.24, 2.45) is 0 Å². The summed E-state index contributed by atoms with van der Waals surface area (Å²) in [6, 6.07) is 11.2. The van der Waals surface area contributed by atoms with Crippen molar-refractivity contribution in [3.05, 3.63) is 35.9 Å². The summed E-state index contributed by atoms with van der Waals surface area (Å²) in [4.78, 5) is 0. The number of hydrogen-bond donors (Lipinski definition) is 1. The predicted molar refractivity (Wildman–Crippen MR) is 66.3 cm³/mol. The van der Waals surface area contributed by atoms with E-state index in [1.807, 2.05) is 0 Å². The maximum absolute atomic E-state index is 5.73. The zero-order valence-electron chi connectivity index (χ0n) is 10.1. The quantitative estimate of drug-likeness (QED) is 0.844. The van der Waals surface area contributed by atoms with E-state index in [1.54, 1.807) is 0 Å². The molecule has 2 nitrogen and oxygen atoms in total. The minimum Gasteiger partial charge on any atom is -0.375 e. The Morgan fingerprint density at radius 3 is 2.38 bits per heavy atom. The van der Waals surface area contributed by atoms with Gasteiger partial charge in [-0.2, -0.15) is 0 Å². The molecule has 1 aliphatic heterocycles. The lowest BCUT2D eigenvalue weighted by Crippen LogP contribution is -2.40. The van der Waals surface area contributed by atoms with E-state index < -0.39 is 0 Å². The molecule has 0 saturated carbocycles. The Morgan fingerprint density at radius 1 is 1.12 bits per heavy atom. The number of benzene rings is 1. The summed E-state index contributed by atoms with van der Waals surface area (Å²) >= 11 is 0. The largest absolute Gasteiger partial charge is 0.375 e. The van der Waals surface area contributed by atoms with Crippen LogP contribution in [0.3, 0.4) is 0 Å². The molecule has 2 atom stereocenters. The maximum Gasteiger partial charge on any atom is 0.0565 e. The van der Waals surface area contributed by atoms with Crippen molar-refractivity contribution in [3.8, 4) is 0 Å². The van der Waals surface area contributed by atoms with Gasteiger partial charge in [0.25, 0.3) is 0 Å². The Labute approximate surface area is 98.0 Å². The van der Waals surface area contributed by atoms with Crippen molar-refractivity contribution < 1.29 is 4.74 Å². The molecule has 1 aromatic rings. The Bertz CT molecular complexity index is 302. The first-order chi connectivity index (χ1) is 7.74. The zero-order valence-corrected chi connectivity index (χ0v) is 10.1. The molecular weight excluding hydrogens is 198 g/mol. The van der Waals surface area contributed by atoms with Gasteiger partial charge in [-0.05, 0) is 32.3 Å². The summed E-state index contributed by atoms with van der Waals surface area (Å²) in [5.74, 6) is 0. The Balaban J connectivity index is 1.81. The monoisotopic (exact) mass is 219 g/mol. The van der Waals surface area contributed by atoms with Crippen LogP contribution >= 0.6 is 0 Å². The Hall–Kier alpha value is -0.860. The Morgan fingerprint density at radius 2 is 1.75 bits per heavy atom. The highest BCUT2D eigenvalue weighted by Gasteiger charge is 2.23. The van der Waals surface area contributed by atoms with Crippen LogP contribution in [-0.2, 0) is 11.3 Å². The molecule has 0 radical (unpaired) electrons. The molecule has 1 N–H and O–H groups in total. The summed E-state index contributed by atoms with van der Waals surface area (Å²) in [6.45, 7) is 5.28. The minimum atomic E-state index is 0.386. The molecule has 2 unspecified atom stereocenters. The van der Waals surface area contributed by atoms with E-state index in [9.17, 15) is 0 Å². The molecule has 0 aliphatic carbocycles. The van der Waals surface area contributed by atoms with Crippen LogP contribution in [0.5, 0.6) is 0 Å². The van der Waals surface area contributed by atoms with Gasteiger partial charge in [-0.25, -0.2) is 0 Å². The number of hydrogen-bond acceptors (Lipinski definition) is 2. The molecule has 1 aliphatic rings. The van der Waals surface area contributed by atoms with Crippen molar-refractivity contribution in [1.82, 2.24) is 5.32 Å². The number of ether oxygens (including phenoxy) is 1. The van der Waals surface area contributed by atoms with Crippen molar-refractivity contribution in [3.63, 3.8) is 0 Å². The highest BCUT2D eigenvalue weighted by molar-refractivity contribution is 5.14. The predicted octanol–water partition coefficient (Wildman–Crippen LogP) is 2.73. The van der Waals surface area contributed by atoms with Crippen LogP contribution in [0.2, 0.25) is 0 Å². The van der Waals surface area contributed by atoms with E-state index in [0.29, 0.717) is 18.2 Å². The third kappa shape index (κ3) is 3.32. The van der Waals surface area contributed by atoms with E-state index in [0.717, 1.165) is 19.4 Å². The smallest absolute Gasteiger partial charge is 0.0565 e. The first kappa shape index (κ1) is 11.6. The van der Waals surface area contributed by atoms with Gasteiger partial charge in [0.1, 0.15) is 0 Å². The number of rotatable bonds is 3. The molecule has 0 aromatic heterocycles. The van der Waals surface area contributed by atoms with Crippen LogP contribution in [0.15, 0.2) is 30.3 Å². The second-order valence-corrected chi connectivity index (χ2v) is 4.79. The standard InChI is InChI=1S/C14H21NO/c1-11-8-14(9-12(2)16-11)15-10-13-6-4-3-5-7-13/h3-7,11-12,14-15H,8-10H2,1-2H3. The summed E-state index contributed by atoms with van der Waals surface area (Å²) in [5, 5.41) is 3.62. The molecule has 0 bridgehead atoms. The molecule has 1 heterocycles. The molecule has 88 valence electrons. The highest BCUT2D eigenvalue weighted by atomic mass is 16.5. The fraction of sp³-hybridized carbons (Fsp3) is 0.571. The summed E-state index contributed by atoms with van der Waals surface area (Å²) in [5.41, 5.74) is 1.36. The van der Waals surface area contributed by atoms with E-state index >= 15 is 0 Å². The highest BCUT2D eigenvalue weighted by Crippen LogP contribution is 2.19. The van der Waals surface area contributed by atoms with Gasteiger partial charge in [0, 0.05) is 12.6 Å². The zero-order chi connectivity index (χ0) is 11.4. The molecule has 1 aromatic carbocycles. The fourth-order valence-corrected chi connectivity index (χ4v) is 2.43. The molecule has 0 amide bonds. The summed E-state index contributed by atoms with van der Waals surface area (Å²) in [7, 11) is 0. The first-order valence-electron chi connectivity index (χ1n) is 6.17. The van der Waals surface area contributed by atoms with E-state index in [4.69, 9.17) is 4.74 Å². The maximum atomic E-state index is 5.73. The van der Waals surface area contributed by atoms with Gasteiger partial charge in [-0.1, -0.05) is 30.3 Å². The van der Waals surface area contributed by atoms with Crippen LogP contribution in [0.25, 0.3) is 0 Å². The van der Waals surface area contributed by atoms with Crippen LogP contribution in [0.1, 0.15) is 32.3 Å². The van der Waals surface area contributed by atoms with Crippen LogP contribution in [0, 0.1) is 0 Å². The SMILES string of the molecule is CC1CC(NCc2ccccc2)CC(C)O1. The molecule has 2 rings (SSSR count). The van der Waals surface area contributed by atoms with Gasteiger partial charge in [0.2, 0.25) is 0 Å². The molecule has 16 heavy (non-hydrogen) atoms. The van der Waals surface area contributed by atoms with E-state index in [1.165, 1.54) is 5.56 Å². The molecule has 2 heteroatoms. The van der Waals surface area contributed by atoms with Gasteiger partial charge < -0.3 is 10.1 Å². The molecule has 1 fully saturated rings. The lowest BCUT2D eigenvalue weighted by atomic mass is 9.99. The molecule has 0 spiro atoms. The van der Waals surface area contributed by atoms with E-state index in [-0.39, 0.29) is 0 Å². The van der Waals surface area contributed by atoms with Gasteiger partial charge in [0.05, 0.1) is 12.2 Å². The second kappa shape index (κ2) is 5.46. The summed E-state index contributed by atoms with van der Waals surface area (Å²) in [6.07, 6.45) is 3.02. The summed E-state index contributed by atoms with van der Waals surface area (Å²) < 4.78 is 5.73. The molecule has 1 saturated heterocycles. The van der Waals surface area contributed by atoms with E-state index in [2.05, 4.69) is 49.5 Å². The van der Waals surface area contributed by atoms with Crippen molar-refractivity contribution >= 4 is 0 Å². The number of nitrogens with one attached hydrogen (secondary N) is 1. The van der Waals surface area contributed by atoms with Crippen LogP contribution in [0.4, 0.5) is 0 Å². The minimum absolute atomic E-state index is 0.386. The van der Waals surface area contributed by atoms with Gasteiger partial charge in [0.15, 0.2) is 0 Å². The third-order valence-corrected chi connectivity index (χ3v) is 3.14. The normalized spacial score (nSPS) is 30.2. The van der Waals surface area contributed by atoms with Gasteiger partial charge in [-0.3, -0.25) is 0 Å².